The molecule has 1 unspecified atom stereocenters. The average Bonchev–Trinajstić information content (AvgIpc) is 2.75. The minimum absolute atomic E-state index is 0.119. The molecular weight excluding hydrogens is 400 g/mol. The Kier molecular flexibility index (Phi) is 23.3. The Morgan fingerprint density at radius 1 is 0.656 bits per heavy atom. The van der Waals surface area contributed by atoms with Gasteiger partial charge in [-0.1, -0.05) is 96.6 Å². The minimum Gasteiger partial charge on any atom is -0.481 e. The van der Waals surface area contributed by atoms with Gasteiger partial charge in [-0.15, -0.1) is 0 Å². The van der Waals surface area contributed by atoms with Crippen LogP contribution in [0.25, 0.3) is 0 Å². The van der Waals surface area contributed by atoms with Crippen LogP contribution in [0.1, 0.15) is 149 Å². The summed E-state index contributed by atoms with van der Waals surface area (Å²) in [5.74, 6) is -0.905. The lowest BCUT2D eigenvalue weighted by Gasteiger charge is -2.17. The second-order valence-corrected chi connectivity index (χ2v) is 9.23. The van der Waals surface area contributed by atoms with E-state index in [0.717, 1.165) is 25.7 Å². The summed E-state index contributed by atoms with van der Waals surface area (Å²) < 4.78 is 5.56. The molecule has 0 heterocycles. The summed E-state index contributed by atoms with van der Waals surface area (Å²) >= 11 is 0. The Morgan fingerprint density at radius 2 is 1.19 bits per heavy atom. The summed E-state index contributed by atoms with van der Waals surface area (Å²) in [6.45, 7) is 4.33. The highest BCUT2D eigenvalue weighted by molar-refractivity contribution is 5.69. The van der Waals surface area contributed by atoms with Gasteiger partial charge < -0.3 is 9.84 Å². The molecule has 188 valence electrons. The van der Waals surface area contributed by atoms with E-state index in [2.05, 4.69) is 26.0 Å². The van der Waals surface area contributed by atoms with Crippen LogP contribution in [0.5, 0.6) is 0 Å². The van der Waals surface area contributed by atoms with Gasteiger partial charge in [0.15, 0.2) is 0 Å². The molecule has 0 saturated heterocycles. The molecule has 0 rings (SSSR count). The molecule has 32 heavy (non-hydrogen) atoms. The van der Waals surface area contributed by atoms with E-state index < -0.39 is 5.97 Å². The lowest BCUT2D eigenvalue weighted by Crippen LogP contribution is -2.18. The van der Waals surface area contributed by atoms with E-state index in [9.17, 15) is 9.59 Å². The maximum Gasteiger partial charge on any atom is 0.306 e. The van der Waals surface area contributed by atoms with Gasteiger partial charge in [0.2, 0.25) is 0 Å². The highest BCUT2D eigenvalue weighted by atomic mass is 16.5. The number of carboxylic acids is 1. The van der Waals surface area contributed by atoms with Gasteiger partial charge in [-0.3, -0.25) is 9.59 Å². The maximum atomic E-state index is 12.0. The van der Waals surface area contributed by atoms with Crippen LogP contribution in [0.4, 0.5) is 0 Å². The Labute approximate surface area is 198 Å². The van der Waals surface area contributed by atoms with Crippen molar-refractivity contribution in [3.05, 3.63) is 12.2 Å². The Balaban J connectivity index is 3.48. The van der Waals surface area contributed by atoms with E-state index in [-0.39, 0.29) is 18.5 Å². The van der Waals surface area contributed by atoms with Gasteiger partial charge in [0.25, 0.3) is 0 Å². The molecular formula is C28H52O4. The number of carbonyl (C=O) groups excluding carboxylic acids is 1. The minimum atomic E-state index is -0.786. The number of unbranched alkanes of at least 4 members (excludes halogenated alkanes) is 13. The first-order valence-electron chi connectivity index (χ1n) is 13.7. The summed E-state index contributed by atoms with van der Waals surface area (Å²) in [6, 6.07) is 0. The number of esters is 1. The van der Waals surface area contributed by atoms with Crippen molar-refractivity contribution >= 4 is 11.9 Å². The predicted octanol–water partition coefficient (Wildman–Crippen LogP) is 8.77. The van der Waals surface area contributed by atoms with E-state index in [1.165, 1.54) is 83.5 Å². The fourth-order valence-corrected chi connectivity index (χ4v) is 4.00. The second-order valence-electron chi connectivity index (χ2n) is 9.23. The highest BCUT2D eigenvalue weighted by Gasteiger charge is 2.14. The molecule has 0 saturated carbocycles. The van der Waals surface area contributed by atoms with Gasteiger partial charge in [0.05, 0.1) is 0 Å². The average molecular weight is 453 g/mol. The number of rotatable bonds is 24. The van der Waals surface area contributed by atoms with Crippen LogP contribution >= 0.6 is 0 Å². The van der Waals surface area contributed by atoms with Gasteiger partial charge in [-0.05, 0) is 51.4 Å². The number of ether oxygens (including phenoxy) is 1. The van der Waals surface area contributed by atoms with Crippen molar-refractivity contribution in [3.8, 4) is 0 Å². The van der Waals surface area contributed by atoms with Crippen LogP contribution in [0.15, 0.2) is 12.2 Å². The molecule has 0 aliphatic carbocycles. The first-order valence-corrected chi connectivity index (χ1v) is 13.7. The smallest absolute Gasteiger partial charge is 0.306 e. The molecule has 4 nitrogen and oxygen atoms in total. The number of hydrogen-bond donors (Lipinski definition) is 1. The fourth-order valence-electron chi connectivity index (χ4n) is 4.00. The Morgan fingerprint density at radius 3 is 1.72 bits per heavy atom. The number of aliphatic carboxylic acids is 1. The van der Waals surface area contributed by atoms with Gasteiger partial charge in [0.1, 0.15) is 6.10 Å². The monoisotopic (exact) mass is 452 g/mol. The van der Waals surface area contributed by atoms with Crippen molar-refractivity contribution in [3.63, 3.8) is 0 Å². The van der Waals surface area contributed by atoms with Gasteiger partial charge in [-0.2, -0.15) is 0 Å². The normalized spacial score (nSPS) is 12.3. The van der Waals surface area contributed by atoms with E-state index in [1.54, 1.807) is 0 Å². The third-order valence-corrected chi connectivity index (χ3v) is 5.97. The molecule has 0 bridgehead atoms. The lowest BCUT2D eigenvalue weighted by atomic mass is 10.1. The third-order valence-electron chi connectivity index (χ3n) is 5.97. The van der Waals surface area contributed by atoms with Crippen molar-refractivity contribution in [1.29, 1.82) is 0 Å². The zero-order valence-corrected chi connectivity index (χ0v) is 21.3. The van der Waals surface area contributed by atoms with Crippen molar-refractivity contribution in [2.24, 2.45) is 0 Å². The van der Waals surface area contributed by atoms with Crippen LogP contribution in [0, 0.1) is 0 Å². The van der Waals surface area contributed by atoms with Gasteiger partial charge in [-0.25, -0.2) is 0 Å². The van der Waals surface area contributed by atoms with Crippen molar-refractivity contribution in [1.82, 2.24) is 0 Å². The molecule has 0 aromatic rings. The molecule has 0 amide bonds. The molecule has 0 aromatic carbocycles. The second kappa shape index (κ2) is 24.3. The fraction of sp³-hybridized carbons (Fsp3) is 0.857. The molecule has 0 aliphatic heterocycles. The van der Waals surface area contributed by atoms with E-state index >= 15 is 0 Å². The van der Waals surface area contributed by atoms with E-state index in [0.29, 0.717) is 19.3 Å². The zero-order chi connectivity index (χ0) is 23.7. The Bertz CT molecular complexity index is 458. The molecule has 0 spiro atoms. The molecule has 1 N–H and O–H groups in total. The van der Waals surface area contributed by atoms with Crippen LogP contribution in [-0.2, 0) is 14.3 Å². The van der Waals surface area contributed by atoms with Crippen LogP contribution in [0.3, 0.4) is 0 Å². The number of carboxylic acid groups (broad SMARTS) is 1. The SMILES string of the molecule is CCCCCCCC/C=C\CCCCCCCCCC(=O)OC(CCC)CCCC(=O)O. The summed E-state index contributed by atoms with van der Waals surface area (Å²) in [5.41, 5.74) is 0. The first kappa shape index (κ1) is 30.7. The summed E-state index contributed by atoms with van der Waals surface area (Å²) in [6.07, 6.45) is 27.3. The number of allylic oxidation sites excluding steroid dienone is 2. The molecule has 0 radical (unpaired) electrons. The number of carbonyl (C=O) groups is 2. The van der Waals surface area contributed by atoms with Gasteiger partial charge >= 0.3 is 11.9 Å². The van der Waals surface area contributed by atoms with Crippen molar-refractivity contribution < 1.29 is 19.4 Å². The third kappa shape index (κ3) is 23.3. The number of hydrogen-bond acceptors (Lipinski definition) is 3. The summed E-state index contributed by atoms with van der Waals surface area (Å²) in [7, 11) is 0. The quantitative estimate of drug-likeness (QED) is 0.0902. The molecule has 0 aromatic heterocycles. The maximum absolute atomic E-state index is 12.0. The van der Waals surface area contributed by atoms with E-state index in [1.807, 2.05) is 0 Å². The van der Waals surface area contributed by atoms with Crippen LogP contribution in [-0.4, -0.2) is 23.1 Å². The summed E-state index contributed by atoms with van der Waals surface area (Å²) in [4.78, 5) is 22.7. The van der Waals surface area contributed by atoms with Crippen LogP contribution < -0.4 is 0 Å². The molecule has 1 atom stereocenters. The lowest BCUT2D eigenvalue weighted by molar-refractivity contribution is -0.150. The largest absolute Gasteiger partial charge is 0.481 e. The highest BCUT2D eigenvalue weighted by Crippen LogP contribution is 2.15. The first-order chi connectivity index (χ1) is 15.6. The summed E-state index contributed by atoms with van der Waals surface area (Å²) in [5, 5.41) is 8.74. The van der Waals surface area contributed by atoms with E-state index in [4.69, 9.17) is 9.84 Å². The van der Waals surface area contributed by atoms with Crippen molar-refractivity contribution in [2.75, 3.05) is 0 Å². The molecule has 0 aliphatic rings. The topological polar surface area (TPSA) is 63.6 Å². The van der Waals surface area contributed by atoms with Gasteiger partial charge in [0, 0.05) is 12.8 Å². The molecule has 4 heteroatoms. The van der Waals surface area contributed by atoms with Crippen molar-refractivity contribution in [2.45, 2.75) is 155 Å². The molecule has 0 fully saturated rings. The zero-order valence-electron chi connectivity index (χ0n) is 21.3. The predicted molar refractivity (Wildman–Crippen MR) is 135 cm³/mol. The standard InChI is InChI=1S/C28H52O4/c1-3-5-6-7-8-9-10-11-12-13-14-15-16-17-18-19-20-25-28(31)32-26(22-4-2)23-21-24-27(29)30/h11-12,26H,3-10,13-25H2,1-2H3,(H,29,30)/b12-11-. The Hall–Kier alpha value is -1.32. The van der Waals surface area contributed by atoms with Crippen LogP contribution in [0.2, 0.25) is 0 Å².